The van der Waals surface area contributed by atoms with Gasteiger partial charge in [0.2, 0.25) is 11.8 Å². The molecular weight excluding hydrogens is 300 g/mol. The van der Waals surface area contributed by atoms with Crippen LogP contribution in [-0.4, -0.2) is 36.3 Å². The first-order valence-corrected chi connectivity index (χ1v) is 9.06. The molecular formula is C20H30N2O2. The van der Waals surface area contributed by atoms with E-state index in [0.29, 0.717) is 6.54 Å². The zero-order chi connectivity index (χ0) is 17.7. The Morgan fingerprint density at radius 2 is 1.75 bits per heavy atom. The predicted molar refractivity (Wildman–Crippen MR) is 98.0 cm³/mol. The fourth-order valence-corrected chi connectivity index (χ4v) is 3.34. The summed E-state index contributed by atoms with van der Waals surface area (Å²) in [5, 5.41) is 0. The van der Waals surface area contributed by atoms with Crippen molar-refractivity contribution in [2.75, 3.05) is 24.5 Å². The fourth-order valence-electron chi connectivity index (χ4n) is 3.34. The maximum absolute atomic E-state index is 13.2. The maximum atomic E-state index is 13.2. The average molecular weight is 330 g/mol. The summed E-state index contributed by atoms with van der Waals surface area (Å²) in [7, 11) is 0. The zero-order valence-electron chi connectivity index (χ0n) is 15.5. The molecule has 2 amide bonds. The minimum Gasteiger partial charge on any atom is -0.342 e. The second-order valence-electron chi connectivity index (χ2n) is 7.22. The summed E-state index contributed by atoms with van der Waals surface area (Å²) in [5.74, 6) is -0.162. The van der Waals surface area contributed by atoms with E-state index in [0.717, 1.165) is 37.2 Å². The van der Waals surface area contributed by atoms with Crippen LogP contribution in [-0.2, 0) is 9.59 Å². The molecule has 0 atom stereocenters. The summed E-state index contributed by atoms with van der Waals surface area (Å²) in [6, 6.07) is 7.88. The molecule has 0 N–H and O–H groups in total. The second-order valence-corrected chi connectivity index (χ2v) is 7.22. The highest BCUT2D eigenvalue weighted by Gasteiger charge is 2.41. The van der Waals surface area contributed by atoms with E-state index in [1.165, 1.54) is 12.8 Å². The average Bonchev–Trinajstić information content (AvgIpc) is 2.84. The quantitative estimate of drug-likeness (QED) is 0.788. The van der Waals surface area contributed by atoms with E-state index >= 15 is 0 Å². The van der Waals surface area contributed by atoms with Crippen molar-refractivity contribution >= 4 is 17.5 Å². The number of aryl methyl sites for hydroxylation is 1. The minimum atomic E-state index is -1.04. The van der Waals surface area contributed by atoms with E-state index in [9.17, 15) is 9.59 Å². The van der Waals surface area contributed by atoms with Crippen LogP contribution in [0.5, 0.6) is 0 Å². The lowest BCUT2D eigenvalue weighted by Gasteiger charge is -2.34. The number of carbonyl (C=O) groups excluding carboxylic acids is 2. The lowest BCUT2D eigenvalue weighted by molar-refractivity contribution is -0.147. The number of amides is 2. The van der Waals surface area contributed by atoms with Gasteiger partial charge in [0.1, 0.15) is 5.41 Å². The van der Waals surface area contributed by atoms with Crippen molar-refractivity contribution in [2.45, 2.75) is 53.4 Å². The molecule has 0 bridgehead atoms. The number of rotatable bonds is 4. The number of benzene rings is 1. The first-order valence-electron chi connectivity index (χ1n) is 9.06. The Morgan fingerprint density at radius 1 is 1.12 bits per heavy atom. The molecule has 2 rings (SSSR count). The van der Waals surface area contributed by atoms with Gasteiger partial charge in [0.25, 0.3) is 0 Å². The smallest absolute Gasteiger partial charge is 0.242 e. The van der Waals surface area contributed by atoms with E-state index in [1.54, 1.807) is 18.7 Å². The van der Waals surface area contributed by atoms with Crippen LogP contribution in [0.2, 0.25) is 0 Å². The molecule has 1 aliphatic heterocycles. The monoisotopic (exact) mass is 330 g/mol. The SMILES string of the molecule is CCN(C(=O)C(C)(C)C(=O)N1CCCCCC1)c1cccc(C)c1. The number of likely N-dealkylation sites (tertiary alicyclic amines) is 1. The third-order valence-electron chi connectivity index (χ3n) is 4.84. The van der Waals surface area contributed by atoms with Crippen LogP contribution in [0.4, 0.5) is 5.69 Å². The van der Waals surface area contributed by atoms with Gasteiger partial charge < -0.3 is 9.80 Å². The van der Waals surface area contributed by atoms with Gasteiger partial charge in [-0.05, 0) is 58.2 Å². The largest absolute Gasteiger partial charge is 0.342 e. The number of anilines is 1. The summed E-state index contributed by atoms with van der Waals surface area (Å²) in [6.45, 7) is 9.58. The highest BCUT2D eigenvalue weighted by Crippen LogP contribution is 2.27. The highest BCUT2D eigenvalue weighted by atomic mass is 16.2. The molecule has 1 saturated heterocycles. The first kappa shape index (κ1) is 18.5. The van der Waals surface area contributed by atoms with Crippen molar-refractivity contribution in [3.8, 4) is 0 Å². The van der Waals surface area contributed by atoms with Crippen LogP contribution >= 0.6 is 0 Å². The van der Waals surface area contributed by atoms with Crippen molar-refractivity contribution in [2.24, 2.45) is 5.41 Å². The topological polar surface area (TPSA) is 40.6 Å². The van der Waals surface area contributed by atoms with Gasteiger partial charge in [-0.15, -0.1) is 0 Å². The van der Waals surface area contributed by atoms with Gasteiger partial charge in [-0.2, -0.15) is 0 Å². The highest BCUT2D eigenvalue weighted by molar-refractivity contribution is 6.11. The summed E-state index contributed by atoms with van der Waals surface area (Å²) in [5.41, 5.74) is 0.930. The van der Waals surface area contributed by atoms with Crippen LogP contribution in [0.1, 0.15) is 52.0 Å². The molecule has 1 aromatic rings. The molecule has 1 heterocycles. The normalized spacial score (nSPS) is 15.8. The van der Waals surface area contributed by atoms with Crippen molar-refractivity contribution < 1.29 is 9.59 Å². The molecule has 24 heavy (non-hydrogen) atoms. The Kier molecular flexibility index (Phi) is 6.03. The van der Waals surface area contributed by atoms with Crippen LogP contribution < -0.4 is 4.90 Å². The van der Waals surface area contributed by atoms with Gasteiger partial charge in [0, 0.05) is 25.3 Å². The Labute approximate surface area is 145 Å². The standard InChI is InChI=1S/C20H30N2O2/c1-5-22(17-12-10-11-16(2)15-17)19(24)20(3,4)18(23)21-13-8-6-7-9-14-21/h10-12,15H,5-9,13-14H2,1-4H3. The number of hydrogen-bond acceptors (Lipinski definition) is 2. The Bertz CT molecular complexity index is 587. The van der Waals surface area contributed by atoms with E-state index in [4.69, 9.17) is 0 Å². The third kappa shape index (κ3) is 3.97. The maximum Gasteiger partial charge on any atom is 0.242 e. The summed E-state index contributed by atoms with van der Waals surface area (Å²) < 4.78 is 0. The van der Waals surface area contributed by atoms with E-state index in [-0.39, 0.29) is 11.8 Å². The van der Waals surface area contributed by atoms with Gasteiger partial charge in [-0.25, -0.2) is 0 Å². The predicted octanol–water partition coefficient (Wildman–Crippen LogP) is 3.78. The van der Waals surface area contributed by atoms with Crippen molar-refractivity contribution in [1.82, 2.24) is 4.90 Å². The molecule has 0 aromatic heterocycles. The van der Waals surface area contributed by atoms with Gasteiger partial charge in [-0.3, -0.25) is 9.59 Å². The molecule has 132 valence electrons. The Morgan fingerprint density at radius 3 is 2.29 bits per heavy atom. The van der Waals surface area contributed by atoms with E-state index in [1.807, 2.05) is 43.0 Å². The lowest BCUT2D eigenvalue weighted by atomic mass is 9.89. The molecule has 0 unspecified atom stereocenters. The fraction of sp³-hybridized carbons (Fsp3) is 0.600. The molecule has 0 aliphatic carbocycles. The lowest BCUT2D eigenvalue weighted by Crippen LogP contribution is -2.51. The number of hydrogen-bond donors (Lipinski definition) is 0. The van der Waals surface area contributed by atoms with Gasteiger partial charge in [0.05, 0.1) is 0 Å². The molecule has 1 fully saturated rings. The van der Waals surface area contributed by atoms with Gasteiger partial charge in [-0.1, -0.05) is 25.0 Å². The zero-order valence-corrected chi connectivity index (χ0v) is 15.5. The van der Waals surface area contributed by atoms with Crippen LogP contribution in [0.25, 0.3) is 0 Å². The van der Waals surface area contributed by atoms with Crippen molar-refractivity contribution in [1.29, 1.82) is 0 Å². The number of carbonyl (C=O) groups is 2. The first-order chi connectivity index (χ1) is 11.4. The third-order valence-corrected chi connectivity index (χ3v) is 4.84. The Balaban J connectivity index is 2.22. The molecule has 1 aromatic carbocycles. The number of nitrogens with zero attached hydrogens (tertiary/aromatic N) is 2. The Hall–Kier alpha value is -1.84. The second kappa shape index (κ2) is 7.82. The van der Waals surface area contributed by atoms with Gasteiger partial charge >= 0.3 is 0 Å². The summed E-state index contributed by atoms with van der Waals surface area (Å²) >= 11 is 0. The molecule has 0 spiro atoms. The van der Waals surface area contributed by atoms with E-state index in [2.05, 4.69) is 0 Å². The van der Waals surface area contributed by atoms with Crippen molar-refractivity contribution in [3.63, 3.8) is 0 Å². The summed E-state index contributed by atoms with van der Waals surface area (Å²) in [4.78, 5) is 29.8. The molecule has 1 aliphatic rings. The summed E-state index contributed by atoms with van der Waals surface area (Å²) in [6.07, 6.45) is 4.40. The molecule has 4 heteroatoms. The van der Waals surface area contributed by atoms with Crippen molar-refractivity contribution in [3.05, 3.63) is 29.8 Å². The molecule has 0 radical (unpaired) electrons. The molecule has 0 saturated carbocycles. The van der Waals surface area contributed by atoms with Gasteiger partial charge in [0.15, 0.2) is 0 Å². The minimum absolute atomic E-state index is 0.0412. The van der Waals surface area contributed by atoms with Crippen LogP contribution in [0.3, 0.4) is 0 Å². The van der Waals surface area contributed by atoms with E-state index < -0.39 is 5.41 Å². The van der Waals surface area contributed by atoms with Crippen LogP contribution in [0.15, 0.2) is 24.3 Å². The van der Waals surface area contributed by atoms with Crippen LogP contribution in [0, 0.1) is 12.3 Å². The molecule has 4 nitrogen and oxygen atoms in total.